The zero-order valence-electron chi connectivity index (χ0n) is 39.6. The summed E-state index contributed by atoms with van der Waals surface area (Å²) in [5.41, 5.74) is 20.9. The summed E-state index contributed by atoms with van der Waals surface area (Å²) < 4.78 is 2.45. The van der Waals surface area contributed by atoms with E-state index in [1.807, 2.05) is 0 Å². The highest BCUT2D eigenvalue weighted by Gasteiger charge is 2.21. The molecule has 1 aromatic heterocycles. The fourth-order valence-corrected chi connectivity index (χ4v) is 10.6. The van der Waals surface area contributed by atoms with E-state index >= 15 is 0 Å². The van der Waals surface area contributed by atoms with Gasteiger partial charge in [0.15, 0.2) is 0 Å². The normalized spacial score (nSPS) is 11.3. The van der Waals surface area contributed by atoms with Crippen LogP contribution in [0.3, 0.4) is 0 Å². The Kier molecular flexibility index (Phi) is 10.9. The highest BCUT2D eigenvalue weighted by molar-refractivity contribution is 6.17. The molecule has 0 saturated heterocycles. The van der Waals surface area contributed by atoms with Crippen molar-refractivity contribution in [3.63, 3.8) is 0 Å². The van der Waals surface area contributed by atoms with Crippen molar-refractivity contribution in [1.82, 2.24) is 4.57 Å². The van der Waals surface area contributed by atoms with Gasteiger partial charge in [0.05, 0.1) is 11.0 Å². The summed E-state index contributed by atoms with van der Waals surface area (Å²) in [5, 5.41) is 4.95. The molecule has 0 aliphatic carbocycles. The summed E-state index contributed by atoms with van der Waals surface area (Å²) in [4.78, 5) is 2.39. The van der Waals surface area contributed by atoms with Crippen molar-refractivity contribution in [2.75, 3.05) is 4.90 Å². The first-order valence-electron chi connectivity index (χ1n) is 24.7. The van der Waals surface area contributed by atoms with Crippen LogP contribution >= 0.6 is 0 Å². The van der Waals surface area contributed by atoms with Crippen LogP contribution in [0.5, 0.6) is 0 Å². The summed E-state index contributed by atoms with van der Waals surface area (Å²) in [5.74, 6) is 0. The smallest absolute Gasteiger partial charge is 0.0553 e. The molecule has 1 heterocycles. The van der Waals surface area contributed by atoms with Crippen molar-refractivity contribution in [2.24, 2.45) is 0 Å². The Hall–Kier alpha value is -9.50. The molecular formula is C70H48N2. The highest BCUT2D eigenvalue weighted by Crippen LogP contribution is 2.45. The van der Waals surface area contributed by atoms with Gasteiger partial charge in [0.1, 0.15) is 0 Å². The van der Waals surface area contributed by atoms with E-state index in [0.717, 1.165) is 33.8 Å². The van der Waals surface area contributed by atoms with Crippen LogP contribution in [0.15, 0.2) is 291 Å². The molecule has 72 heavy (non-hydrogen) atoms. The maximum absolute atomic E-state index is 2.45. The van der Waals surface area contributed by atoms with Crippen molar-refractivity contribution in [3.05, 3.63) is 291 Å². The second-order valence-electron chi connectivity index (χ2n) is 18.5. The molecule has 0 N–H and O–H groups in total. The van der Waals surface area contributed by atoms with Crippen LogP contribution in [0.2, 0.25) is 0 Å². The van der Waals surface area contributed by atoms with Crippen molar-refractivity contribution >= 4 is 49.6 Å². The Bertz CT molecular complexity index is 4020. The fourth-order valence-electron chi connectivity index (χ4n) is 10.6. The first-order valence-corrected chi connectivity index (χ1v) is 24.7. The summed E-state index contributed by atoms with van der Waals surface area (Å²) in [6.45, 7) is 0. The van der Waals surface area contributed by atoms with Gasteiger partial charge in [-0.05, 0) is 144 Å². The first kappa shape index (κ1) is 42.6. The second-order valence-corrected chi connectivity index (χ2v) is 18.5. The third-order valence-corrected chi connectivity index (χ3v) is 14.2. The van der Waals surface area contributed by atoms with E-state index in [4.69, 9.17) is 0 Å². The van der Waals surface area contributed by atoms with Crippen molar-refractivity contribution in [2.45, 2.75) is 0 Å². The number of hydrogen-bond donors (Lipinski definition) is 0. The predicted molar refractivity (Wildman–Crippen MR) is 306 cm³/mol. The average Bonchev–Trinajstić information content (AvgIpc) is 3.80. The molecule has 0 unspecified atom stereocenters. The van der Waals surface area contributed by atoms with Crippen LogP contribution in [0, 0.1) is 0 Å². The van der Waals surface area contributed by atoms with Gasteiger partial charge < -0.3 is 9.47 Å². The van der Waals surface area contributed by atoms with E-state index in [9.17, 15) is 0 Å². The molecule has 12 aromatic carbocycles. The number of nitrogens with zero attached hydrogens (tertiary/aromatic N) is 2. The van der Waals surface area contributed by atoms with Crippen LogP contribution in [-0.2, 0) is 0 Å². The largest absolute Gasteiger partial charge is 0.310 e. The van der Waals surface area contributed by atoms with Crippen LogP contribution in [0.4, 0.5) is 17.1 Å². The molecule has 0 aliphatic rings. The number of para-hydroxylation sites is 1. The van der Waals surface area contributed by atoms with E-state index in [0.29, 0.717) is 0 Å². The lowest BCUT2D eigenvalue weighted by Gasteiger charge is -2.26. The molecule has 0 atom stereocenters. The SMILES string of the molecule is c1ccc(-c2ccc(N(c3ccc(-c4ccc(-c5cccc6ccccc56)cc4)cc3)c3cccc(-c4cc(-c5ccccc5)cc5c4c4ccc(-c6ccccc6)cc4n5-c4ccccc4)c3)cc2)cc1. The number of fused-ring (bicyclic) bond motifs is 4. The zero-order valence-corrected chi connectivity index (χ0v) is 39.6. The molecule has 338 valence electrons. The quantitative estimate of drug-likeness (QED) is 0.133. The minimum atomic E-state index is 1.07. The van der Waals surface area contributed by atoms with Gasteiger partial charge in [-0.3, -0.25) is 0 Å². The molecule has 2 heteroatoms. The Morgan fingerprint density at radius 3 is 1.33 bits per heavy atom. The van der Waals surface area contributed by atoms with Crippen molar-refractivity contribution in [1.29, 1.82) is 0 Å². The maximum Gasteiger partial charge on any atom is 0.0553 e. The van der Waals surface area contributed by atoms with Crippen LogP contribution in [-0.4, -0.2) is 4.57 Å². The Morgan fingerprint density at radius 1 is 0.236 bits per heavy atom. The molecule has 0 spiro atoms. The number of anilines is 3. The van der Waals surface area contributed by atoms with E-state index in [1.165, 1.54) is 88.3 Å². The van der Waals surface area contributed by atoms with Crippen LogP contribution in [0.1, 0.15) is 0 Å². The zero-order chi connectivity index (χ0) is 47.8. The van der Waals surface area contributed by atoms with E-state index in [2.05, 4.69) is 301 Å². The molecule has 0 bridgehead atoms. The maximum atomic E-state index is 2.45. The van der Waals surface area contributed by atoms with Gasteiger partial charge >= 0.3 is 0 Å². The van der Waals surface area contributed by atoms with Gasteiger partial charge in [0.25, 0.3) is 0 Å². The minimum Gasteiger partial charge on any atom is -0.310 e. The number of rotatable bonds is 10. The lowest BCUT2D eigenvalue weighted by molar-refractivity contribution is 1.18. The molecule has 0 radical (unpaired) electrons. The predicted octanol–water partition coefficient (Wildman–Crippen LogP) is 19.4. The minimum absolute atomic E-state index is 1.07. The fraction of sp³-hybridized carbons (Fsp3) is 0. The molecule has 0 fully saturated rings. The standard InChI is InChI=1S/C70H48N2/c1-5-17-49(18-6-1)53-35-40-61(41-36-53)71(62-42-37-54(38-43-62)52-31-33-56(34-32-52)65-30-16-24-55-23-13-14-29-64(55)65)63-28-15-25-58(45-63)67-46-59(51-21-9-3-10-22-51)48-69-70(67)66-44-39-57(50-19-7-2-8-20-50)47-68(66)72(69)60-26-11-4-12-27-60/h1-48H. The van der Waals surface area contributed by atoms with Gasteiger partial charge in [-0.15, -0.1) is 0 Å². The average molecular weight is 917 g/mol. The summed E-state index contributed by atoms with van der Waals surface area (Å²) in [6, 6.07) is 106. The summed E-state index contributed by atoms with van der Waals surface area (Å²) >= 11 is 0. The number of hydrogen-bond acceptors (Lipinski definition) is 1. The van der Waals surface area contributed by atoms with Crippen LogP contribution < -0.4 is 4.90 Å². The highest BCUT2D eigenvalue weighted by atomic mass is 15.1. The molecule has 2 nitrogen and oxygen atoms in total. The lowest BCUT2D eigenvalue weighted by Crippen LogP contribution is -2.10. The lowest BCUT2D eigenvalue weighted by atomic mass is 9.93. The third-order valence-electron chi connectivity index (χ3n) is 14.2. The van der Waals surface area contributed by atoms with E-state index < -0.39 is 0 Å². The Morgan fingerprint density at radius 2 is 0.694 bits per heavy atom. The molecular weight excluding hydrogens is 869 g/mol. The van der Waals surface area contributed by atoms with E-state index in [-0.39, 0.29) is 0 Å². The van der Waals surface area contributed by atoms with Gasteiger partial charge in [0.2, 0.25) is 0 Å². The Balaban J connectivity index is 0.959. The number of benzene rings is 12. The molecule has 0 aliphatic heterocycles. The molecule has 13 rings (SSSR count). The summed E-state index contributed by atoms with van der Waals surface area (Å²) in [7, 11) is 0. The summed E-state index contributed by atoms with van der Waals surface area (Å²) in [6.07, 6.45) is 0. The van der Waals surface area contributed by atoms with Gasteiger partial charge in [0, 0.05) is 33.5 Å². The number of aromatic nitrogens is 1. The van der Waals surface area contributed by atoms with E-state index in [1.54, 1.807) is 0 Å². The Labute approximate surface area is 420 Å². The third kappa shape index (κ3) is 7.92. The van der Waals surface area contributed by atoms with Gasteiger partial charge in [-0.25, -0.2) is 0 Å². The molecule has 0 saturated carbocycles. The van der Waals surface area contributed by atoms with Crippen molar-refractivity contribution < 1.29 is 0 Å². The first-order chi connectivity index (χ1) is 35.7. The molecule has 13 aromatic rings. The second kappa shape index (κ2) is 18.4. The topological polar surface area (TPSA) is 8.17 Å². The van der Waals surface area contributed by atoms with Crippen molar-refractivity contribution in [3.8, 4) is 72.4 Å². The van der Waals surface area contributed by atoms with Gasteiger partial charge in [-0.1, -0.05) is 224 Å². The monoisotopic (exact) mass is 916 g/mol. The molecule has 0 amide bonds. The van der Waals surface area contributed by atoms with Crippen LogP contribution in [0.25, 0.3) is 105 Å². The van der Waals surface area contributed by atoms with Gasteiger partial charge in [-0.2, -0.15) is 0 Å².